The standard InChI is InChI=1S/C21H34O/c1-4-14-7-8-16-15-13-18-21(22-18)11-6-5-10-20(21,3)17(15)9-12-19(14,16)2/h14-18H,4-13H2,1-3H3/t14-,15-,16-,17-,18-,19+,20+,21-/m0/s1. The normalized spacial score (nSPS) is 62.6. The number of rotatable bonds is 1. The van der Waals surface area contributed by atoms with Crippen LogP contribution in [0.5, 0.6) is 0 Å². The zero-order valence-electron chi connectivity index (χ0n) is 14.9. The van der Waals surface area contributed by atoms with Crippen molar-refractivity contribution in [3.05, 3.63) is 0 Å². The molecule has 0 radical (unpaired) electrons. The Bertz CT molecular complexity index is 486. The summed E-state index contributed by atoms with van der Waals surface area (Å²) in [7, 11) is 0. The van der Waals surface area contributed by atoms with Gasteiger partial charge in [-0.1, -0.05) is 40.0 Å². The van der Waals surface area contributed by atoms with Gasteiger partial charge in [0.25, 0.3) is 0 Å². The summed E-state index contributed by atoms with van der Waals surface area (Å²) in [5, 5.41) is 0. The number of ether oxygens (including phenoxy) is 1. The number of hydrogen-bond acceptors (Lipinski definition) is 1. The summed E-state index contributed by atoms with van der Waals surface area (Å²) in [5.41, 5.74) is 1.52. The van der Waals surface area contributed by atoms with Crippen molar-refractivity contribution in [1.82, 2.24) is 0 Å². The van der Waals surface area contributed by atoms with Gasteiger partial charge < -0.3 is 4.74 Å². The fraction of sp³-hybridized carbons (Fsp3) is 1.00. The predicted octanol–water partition coefficient (Wildman–Crippen LogP) is 5.58. The third-order valence-electron chi connectivity index (χ3n) is 9.71. The molecule has 22 heavy (non-hydrogen) atoms. The maximum Gasteiger partial charge on any atom is 0.100 e. The monoisotopic (exact) mass is 302 g/mol. The molecule has 1 heterocycles. The van der Waals surface area contributed by atoms with Gasteiger partial charge in [-0.05, 0) is 74.0 Å². The van der Waals surface area contributed by atoms with Crippen LogP contribution in [0.1, 0.15) is 85.0 Å². The van der Waals surface area contributed by atoms with E-state index >= 15 is 0 Å². The third kappa shape index (κ3) is 1.47. The molecule has 1 nitrogen and oxygen atoms in total. The van der Waals surface area contributed by atoms with Crippen molar-refractivity contribution >= 4 is 0 Å². The van der Waals surface area contributed by atoms with Crippen LogP contribution < -0.4 is 0 Å². The van der Waals surface area contributed by atoms with Gasteiger partial charge in [0.15, 0.2) is 0 Å². The Labute approximate surface area is 136 Å². The molecule has 5 fully saturated rings. The lowest BCUT2D eigenvalue weighted by Gasteiger charge is -2.59. The molecular weight excluding hydrogens is 268 g/mol. The predicted molar refractivity (Wildman–Crippen MR) is 89.6 cm³/mol. The van der Waals surface area contributed by atoms with Gasteiger partial charge in [0.1, 0.15) is 5.60 Å². The van der Waals surface area contributed by atoms with Crippen molar-refractivity contribution in [2.75, 3.05) is 0 Å². The average molecular weight is 303 g/mol. The van der Waals surface area contributed by atoms with Gasteiger partial charge in [-0.15, -0.1) is 0 Å². The smallest absolute Gasteiger partial charge is 0.100 e. The number of hydrogen-bond donors (Lipinski definition) is 0. The summed E-state index contributed by atoms with van der Waals surface area (Å²) < 4.78 is 6.50. The minimum absolute atomic E-state index is 0.336. The fourth-order valence-electron chi connectivity index (χ4n) is 8.49. The first-order valence-electron chi connectivity index (χ1n) is 10.2. The maximum absolute atomic E-state index is 6.50. The molecule has 4 aliphatic carbocycles. The van der Waals surface area contributed by atoms with Gasteiger partial charge in [-0.3, -0.25) is 0 Å². The van der Waals surface area contributed by atoms with E-state index in [4.69, 9.17) is 4.74 Å². The Kier molecular flexibility index (Phi) is 2.81. The molecule has 1 spiro atoms. The summed E-state index contributed by atoms with van der Waals surface area (Å²) in [6.45, 7) is 7.73. The van der Waals surface area contributed by atoms with Crippen LogP contribution in [0.15, 0.2) is 0 Å². The van der Waals surface area contributed by atoms with Crippen molar-refractivity contribution < 1.29 is 4.74 Å². The highest BCUT2D eigenvalue weighted by Gasteiger charge is 2.74. The van der Waals surface area contributed by atoms with E-state index in [0.29, 0.717) is 22.5 Å². The molecule has 0 amide bonds. The summed E-state index contributed by atoms with van der Waals surface area (Å²) in [6, 6.07) is 0. The molecule has 0 aromatic heterocycles. The minimum atomic E-state index is 0.336. The second-order valence-corrected chi connectivity index (χ2v) is 9.96. The van der Waals surface area contributed by atoms with Crippen LogP contribution in [0.3, 0.4) is 0 Å². The molecule has 1 heteroatoms. The van der Waals surface area contributed by atoms with Gasteiger partial charge in [0.05, 0.1) is 6.10 Å². The molecular formula is C21H34O. The van der Waals surface area contributed by atoms with Crippen molar-refractivity contribution in [2.24, 2.45) is 34.5 Å². The van der Waals surface area contributed by atoms with E-state index in [0.717, 1.165) is 23.7 Å². The molecule has 4 saturated carbocycles. The molecule has 1 saturated heterocycles. The lowest BCUT2D eigenvalue weighted by molar-refractivity contribution is -0.0962. The zero-order valence-corrected chi connectivity index (χ0v) is 14.9. The Hall–Kier alpha value is -0.0400. The Morgan fingerprint density at radius 1 is 0.955 bits per heavy atom. The second-order valence-electron chi connectivity index (χ2n) is 9.96. The van der Waals surface area contributed by atoms with Crippen LogP contribution in [-0.4, -0.2) is 11.7 Å². The highest BCUT2D eigenvalue weighted by Crippen LogP contribution is 2.74. The van der Waals surface area contributed by atoms with Crippen LogP contribution in [0.2, 0.25) is 0 Å². The fourth-order valence-corrected chi connectivity index (χ4v) is 8.49. The van der Waals surface area contributed by atoms with E-state index in [-0.39, 0.29) is 0 Å². The van der Waals surface area contributed by atoms with Crippen molar-refractivity contribution in [1.29, 1.82) is 0 Å². The van der Waals surface area contributed by atoms with Crippen LogP contribution in [-0.2, 0) is 4.74 Å². The summed E-state index contributed by atoms with van der Waals surface area (Å²) >= 11 is 0. The van der Waals surface area contributed by atoms with E-state index in [2.05, 4.69) is 20.8 Å². The van der Waals surface area contributed by atoms with Crippen molar-refractivity contribution in [3.63, 3.8) is 0 Å². The van der Waals surface area contributed by atoms with Crippen LogP contribution in [0.25, 0.3) is 0 Å². The van der Waals surface area contributed by atoms with Crippen molar-refractivity contribution in [3.8, 4) is 0 Å². The van der Waals surface area contributed by atoms with Crippen LogP contribution >= 0.6 is 0 Å². The second kappa shape index (κ2) is 4.32. The molecule has 1 aliphatic heterocycles. The first kappa shape index (κ1) is 14.3. The molecule has 0 unspecified atom stereocenters. The van der Waals surface area contributed by atoms with E-state index in [1.54, 1.807) is 0 Å². The van der Waals surface area contributed by atoms with Gasteiger partial charge in [-0.2, -0.15) is 0 Å². The van der Waals surface area contributed by atoms with E-state index in [1.165, 1.54) is 64.2 Å². The highest BCUT2D eigenvalue weighted by molar-refractivity contribution is 5.23. The lowest BCUT2D eigenvalue weighted by atomic mass is 9.44. The largest absolute Gasteiger partial charge is 0.365 e. The van der Waals surface area contributed by atoms with Gasteiger partial charge in [0, 0.05) is 5.41 Å². The SMILES string of the molecule is CC[C@H]1CC[C@H]2[C@@H]3C[C@@H]4O[C@@]45CCCC[C@]5(C)[C@H]3CC[C@]12C. The first-order valence-corrected chi connectivity index (χ1v) is 10.2. The zero-order chi connectivity index (χ0) is 15.2. The van der Waals surface area contributed by atoms with Gasteiger partial charge in [0.2, 0.25) is 0 Å². The van der Waals surface area contributed by atoms with E-state index in [1.807, 2.05) is 0 Å². The quantitative estimate of drug-likeness (QED) is 0.576. The Morgan fingerprint density at radius 2 is 1.77 bits per heavy atom. The Balaban J connectivity index is 1.51. The molecule has 0 N–H and O–H groups in total. The van der Waals surface area contributed by atoms with E-state index < -0.39 is 0 Å². The molecule has 0 aromatic carbocycles. The van der Waals surface area contributed by atoms with E-state index in [9.17, 15) is 0 Å². The minimum Gasteiger partial charge on any atom is -0.365 e. The highest BCUT2D eigenvalue weighted by atomic mass is 16.6. The molecule has 0 aromatic rings. The van der Waals surface area contributed by atoms with Crippen molar-refractivity contribution in [2.45, 2.75) is 96.7 Å². The third-order valence-corrected chi connectivity index (χ3v) is 9.71. The summed E-state index contributed by atoms with van der Waals surface area (Å²) in [6.07, 6.45) is 15.2. The maximum atomic E-state index is 6.50. The van der Waals surface area contributed by atoms with Crippen LogP contribution in [0.4, 0.5) is 0 Å². The van der Waals surface area contributed by atoms with Gasteiger partial charge >= 0.3 is 0 Å². The van der Waals surface area contributed by atoms with Gasteiger partial charge in [-0.25, -0.2) is 0 Å². The molecule has 0 bridgehead atoms. The summed E-state index contributed by atoms with van der Waals surface area (Å²) in [5.74, 6) is 3.97. The van der Waals surface area contributed by atoms with Crippen LogP contribution in [0, 0.1) is 34.5 Å². The molecule has 8 atom stereocenters. The molecule has 124 valence electrons. The number of fused-ring (bicyclic) bond motifs is 4. The lowest BCUT2D eigenvalue weighted by Crippen LogP contribution is -2.57. The summed E-state index contributed by atoms with van der Waals surface area (Å²) in [4.78, 5) is 0. The first-order chi connectivity index (χ1) is 10.6. The number of epoxide rings is 1. The Morgan fingerprint density at radius 3 is 2.59 bits per heavy atom. The topological polar surface area (TPSA) is 12.5 Å². The molecule has 5 aliphatic rings. The molecule has 5 rings (SSSR count). The average Bonchev–Trinajstić information content (AvgIpc) is 3.10.